The first-order valence-electron chi connectivity index (χ1n) is 9.60. The molecule has 0 fully saturated rings. The summed E-state index contributed by atoms with van der Waals surface area (Å²) in [4.78, 5) is 9.95. The van der Waals surface area contributed by atoms with Gasteiger partial charge in [-0.15, -0.1) is 0 Å². The molecule has 0 unspecified atom stereocenters. The van der Waals surface area contributed by atoms with E-state index < -0.39 is 50.3 Å². The third-order valence-corrected chi connectivity index (χ3v) is 6.40. The Morgan fingerprint density at radius 3 is 2.29 bits per heavy atom. The Morgan fingerprint density at radius 1 is 1.09 bits per heavy atom. The van der Waals surface area contributed by atoms with Crippen LogP contribution in [0.2, 0.25) is 0 Å². The van der Waals surface area contributed by atoms with Crippen LogP contribution in [0.15, 0.2) is 46.4 Å². The van der Waals surface area contributed by atoms with E-state index in [0.717, 1.165) is 46.9 Å². The van der Waals surface area contributed by atoms with Crippen molar-refractivity contribution in [1.82, 2.24) is 4.31 Å². The van der Waals surface area contributed by atoms with Crippen molar-refractivity contribution in [1.29, 1.82) is 0 Å². The smallest absolute Gasteiger partial charge is 0.387 e. The Morgan fingerprint density at radius 2 is 1.74 bits per heavy atom. The normalized spacial score (nSPS) is 12.0. The molecule has 2 aromatic carbocycles. The average Bonchev–Trinajstić information content (AvgIpc) is 2.75. The van der Waals surface area contributed by atoms with Gasteiger partial charge in [-0.05, 0) is 18.2 Å². The van der Waals surface area contributed by atoms with Crippen molar-refractivity contribution in [3.05, 3.63) is 52.1 Å². The number of hydrogen-bond acceptors (Lipinski definition) is 8. The number of nitro benzene ring substituents is 1. The second kappa shape index (κ2) is 11.6. The molecule has 0 heterocycles. The van der Waals surface area contributed by atoms with Gasteiger partial charge in [0.15, 0.2) is 0 Å². The first-order valence-corrected chi connectivity index (χ1v) is 11.0. The maximum atomic E-state index is 13.0. The summed E-state index contributed by atoms with van der Waals surface area (Å²) in [5.74, 6) is -0.961. The molecule has 0 bridgehead atoms. The highest BCUT2D eigenvalue weighted by Gasteiger charge is 2.27. The molecule has 2 aromatic rings. The van der Waals surface area contributed by atoms with E-state index in [2.05, 4.69) is 20.0 Å². The van der Waals surface area contributed by atoms with Crippen LogP contribution in [0.25, 0.3) is 0 Å². The summed E-state index contributed by atoms with van der Waals surface area (Å²) in [5.41, 5.74) is 1.74. The molecule has 0 amide bonds. The van der Waals surface area contributed by atoms with E-state index in [1.807, 2.05) is 0 Å². The molecule has 0 saturated carbocycles. The molecule has 0 spiro atoms. The van der Waals surface area contributed by atoms with Crippen molar-refractivity contribution in [3.63, 3.8) is 0 Å². The molecule has 1 N–H and O–H groups in total. The van der Waals surface area contributed by atoms with Gasteiger partial charge in [-0.1, -0.05) is 13.8 Å². The predicted octanol–water partition coefficient (Wildman–Crippen LogP) is 4.27. The Labute approximate surface area is 192 Å². The lowest BCUT2D eigenvalue weighted by Gasteiger charge is -2.20. The van der Waals surface area contributed by atoms with Crippen LogP contribution < -0.4 is 14.9 Å². The fraction of sp³-hybridized carbons (Fsp3) is 0.316. The van der Waals surface area contributed by atoms with E-state index in [9.17, 15) is 36.1 Å². The van der Waals surface area contributed by atoms with E-state index in [4.69, 9.17) is 0 Å². The van der Waals surface area contributed by atoms with Crippen LogP contribution in [0.3, 0.4) is 0 Å². The van der Waals surface area contributed by atoms with Gasteiger partial charge in [-0.2, -0.15) is 27.0 Å². The van der Waals surface area contributed by atoms with Gasteiger partial charge < -0.3 is 9.47 Å². The monoisotopic (exact) mass is 508 g/mol. The standard InChI is InChI=1S/C19H20F4N4O6S/c1-3-26(4-2)34(30,31)17-9-13(27(28)29)6-8-15(17)25-24-11-12-5-7-14(32-18(20)21)10-16(12)33-19(22)23/h5-11,18-19,25H,3-4H2,1-2H3. The molecular weight excluding hydrogens is 488 g/mol. The number of benzene rings is 2. The zero-order chi connectivity index (χ0) is 25.5. The van der Waals surface area contributed by atoms with Gasteiger partial charge in [-0.3, -0.25) is 15.5 Å². The van der Waals surface area contributed by atoms with E-state index in [1.165, 1.54) is 0 Å². The van der Waals surface area contributed by atoms with Crippen molar-refractivity contribution in [2.24, 2.45) is 5.10 Å². The van der Waals surface area contributed by atoms with Crippen molar-refractivity contribution >= 4 is 27.6 Å². The number of anilines is 1. The Bertz CT molecular complexity index is 1140. The molecule has 0 aliphatic rings. The van der Waals surface area contributed by atoms with Crippen molar-refractivity contribution in [3.8, 4) is 11.5 Å². The number of nitro groups is 1. The average molecular weight is 508 g/mol. The number of rotatable bonds is 12. The molecule has 0 aliphatic carbocycles. The number of sulfonamides is 1. The second-order valence-electron chi connectivity index (χ2n) is 6.35. The molecule has 0 saturated heterocycles. The highest BCUT2D eigenvalue weighted by Crippen LogP contribution is 2.30. The first kappa shape index (κ1) is 26.8. The van der Waals surface area contributed by atoms with Gasteiger partial charge in [0.2, 0.25) is 10.0 Å². The number of nitrogens with zero attached hydrogens (tertiary/aromatic N) is 3. The molecule has 0 radical (unpaired) electrons. The molecular formula is C19H20F4N4O6S. The maximum Gasteiger partial charge on any atom is 0.387 e. The van der Waals surface area contributed by atoms with Crippen LogP contribution >= 0.6 is 0 Å². The lowest BCUT2D eigenvalue weighted by Crippen LogP contribution is -2.31. The summed E-state index contributed by atoms with van der Waals surface area (Å²) in [6.07, 6.45) is 0.971. The van der Waals surface area contributed by atoms with Crippen LogP contribution in [-0.2, 0) is 10.0 Å². The van der Waals surface area contributed by atoms with Gasteiger partial charge in [0.25, 0.3) is 5.69 Å². The SMILES string of the molecule is CCN(CC)S(=O)(=O)c1cc([N+](=O)[O-])ccc1NN=Cc1ccc(OC(F)F)cc1OC(F)F. The van der Waals surface area contributed by atoms with E-state index in [-0.39, 0.29) is 24.3 Å². The van der Waals surface area contributed by atoms with E-state index >= 15 is 0 Å². The quantitative estimate of drug-likeness (QED) is 0.197. The van der Waals surface area contributed by atoms with Crippen LogP contribution in [0.5, 0.6) is 11.5 Å². The summed E-state index contributed by atoms with van der Waals surface area (Å²) < 4.78 is 85.6. The van der Waals surface area contributed by atoms with Crippen LogP contribution in [-0.4, -0.2) is 50.2 Å². The fourth-order valence-corrected chi connectivity index (χ4v) is 4.42. The summed E-state index contributed by atoms with van der Waals surface area (Å²) in [6.45, 7) is -3.07. The third kappa shape index (κ3) is 6.77. The predicted molar refractivity (Wildman–Crippen MR) is 114 cm³/mol. The number of non-ortho nitro benzene ring substituents is 1. The molecule has 0 atom stereocenters. The fourth-order valence-electron chi connectivity index (χ4n) is 2.80. The number of halogens is 4. The molecule has 15 heteroatoms. The minimum Gasteiger partial charge on any atom is -0.435 e. The topological polar surface area (TPSA) is 123 Å². The third-order valence-electron chi connectivity index (χ3n) is 4.31. The minimum atomic E-state index is -4.14. The van der Waals surface area contributed by atoms with E-state index in [1.54, 1.807) is 13.8 Å². The maximum absolute atomic E-state index is 13.0. The van der Waals surface area contributed by atoms with Gasteiger partial charge in [0.1, 0.15) is 16.4 Å². The number of ether oxygens (including phenoxy) is 2. The van der Waals surface area contributed by atoms with Gasteiger partial charge >= 0.3 is 13.2 Å². The van der Waals surface area contributed by atoms with Crippen LogP contribution in [0.1, 0.15) is 19.4 Å². The first-order chi connectivity index (χ1) is 16.0. The Kier molecular flexibility index (Phi) is 9.14. The summed E-state index contributed by atoms with van der Waals surface area (Å²) in [7, 11) is -4.14. The van der Waals surface area contributed by atoms with Crippen LogP contribution in [0, 0.1) is 10.1 Å². The molecule has 0 aromatic heterocycles. The van der Waals surface area contributed by atoms with Crippen molar-refractivity contribution in [2.45, 2.75) is 32.0 Å². The van der Waals surface area contributed by atoms with Gasteiger partial charge in [0.05, 0.1) is 16.8 Å². The Hall–Kier alpha value is -3.46. The van der Waals surface area contributed by atoms with Crippen molar-refractivity contribution < 1.29 is 40.4 Å². The molecule has 10 nitrogen and oxygen atoms in total. The second-order valence-corrected chi connectivity index (χ2v) is 8.26. The highest BCUT2D eigenvalue weighted by molar-refractivity contribution is 7.89. The minimum absolute atomic E-state index is 0.0792. The summed E-state index contributed by atoms with van der Waals surface area (Å²) >= 11 is 0. The zero-order valence-electron chi connectivity index (χ0n) is 17.8. The molecule has 34 heavy (non-hydrogen) atoms. The van der Waals surface area contributed by atoms with Crippen molar-refractivity contribution in [2.75, 3.05) is 18.5 Å². The number of hydrazone groups is 1. The lowest BCUT2D eigenvalue weighted by atomic mass is 10.2. The highest BCUT2D eigenvalue weighted by atomic mass is 32.2. The van der Waals surface area contributed by atoms with Gasteiger partial charge in [0, 0.05) is 36.9 Å². The Balaban J connectivity index is 2.43. The largest absolute Gasteiger partial charge is 0.435 e. The molecule has 186 valence electrons. The number of alkyl halides is 4. The number of nitrogens with one attached hydrogen (secondary N) is 1. The zero-order valence-corrected chi connectivity index (χ0v) is 18.6. The summed E-state index contributed by atoms with van der Waals surface area (Å²) in [6, 6.07) is 6.04. The molecule has 0 aliphatic heterocycles. The van der Waals surface area contributed by atoms with Crippen LogP contribution in [0.4, 0.5) is 28.9 Å². The number of hydrogen-bond donors (Lipinski definition) is 1. The lowest BCUT2D eigenvalue weighted by molar-refractivity contribution is -0.385. The van der Waals surface area contributed by atoms with E-state index in [0.29, 0.717) is 0 Å². The molecule has 2 rings (SSSR count). The summed E-state index contributed by atoms with van der Waals surface area (Å²) in [5, 5.41) is 14.9. The van der Waals surface area contributed by atoms with Gasteiger partial charge in [-0.25, -0.2) is 8.42 Å².